The lowest BCUT2D eigenvalue weighted by molar-refractivity contribution is -0.232. The Labute approximate surface area is 194 Å². The van der Waals surface area contributed by atoms with Gasteiger partial charge in [0.1, 0.15) is 24.6 Å². The molecule has 1 saturated heterocycles. The van der Waals surface area contributed by atoms with Gasteiger partial charge in [0.25, 0.3) is 0 Å². The largest absolute Gasteiger partial charge is 0.463 e. The minimum Gasteiger partial charge on any atom is -0.463 e. The van der Waals surface area contributed by atoms with Gasteiger partial charge in [-0.05, 0) is 17.7 Å². The van der Waals surface area contributed by atoms with Gasteiger partial charge in [-0.2, -0.15) is 0 Å². The number of carbonyl (C=O) groups is 4. The third-order valence-corrected chi connectivity index (χ3v) is 5.54. The average Bonchev–Trinajstić information content (AvgIpc) is 2.69. The van der Waals surface area contributed by atoms with Crippen molar-refractivity contribution in [2.24, 2.45) is 5.92 Å². The maximum Gasteiger partial charge on any atom is 0.308 e. The van der Waals surface area contributed by atoms with E-state index >= 15 is 0 Å². The van der Waals surface area contributed by atoms with Crippen molar-refractivity contribution in [1.29, 1.82) is 0 Å². The van der Waals surface area contributed by atoms with Crippen LogP contribution in [0.2, 0.25) is 0 Å². The van der Waals surface area contributed by atoms with Crippen molar-refractivity contribution in [2.75, 3.05) is 6.61 Å². The molecule has 1 fully saturated rings. The molecule has 1 aliphatic heterocycles. The van der Waals surface area contributed by atoms with Crippen LogP contribution in [0.5, 0.6) is 5.75 Å². The molecule has 10 heteroatoms. The lowest BCUT2D eigenvalue weighted by atomic mass is 9.85. The number of alkyl halides is 1. The smallest absolute Gasteiger partial charge is 0.308 e. The van der Waals surface area contributed by atoms with Crippen LogP contribution in [0.25, 0.3) is 0 Å². The molecule has 0 aromatic heterocycles. The summed E-state index contributed by atoms with van der Waals surface area (Å²) in [4.78, 5) is 46.8. The second-order valence-electron chi connectivity index (χ2n) is 7.50. The number of benzene rings is 1. The molecular formula is C22H27BrO9. The number of carbonyl (C=O) groups excluding carboxylic acids is 4. The molecule has 0 spiro atoms. The Morgan fingerprint density at radius 3 is 2.09 bits per heavy atom. The molecule has 176 valence electrons. The second kappa shape index (κ2) is 11.4. The maximum absolute atomic E-state index is 11.9. The predicted octanol–water partition coefficient (Wildman–Crippen LogP) is 3.01. The molecule has 0 amide bonds. The summed E-state index contributed by atoms with van der Waals surface area (Å²) in [5.74, 6) is -2.47. The Balaban J connectivity index is 2.60. The molecule has 0 N–H and O–H groups in total. The zero-order chi connectivity index (χ0) is 24.0. The maximum atomic E-state index is 11.9. The highest BCUT2D eigenvalue weighted by Gasteiger charge is 2.49. The van der Waals surface area contributed by atoms with Crippen molar-refractivity contribution in [3.8, 4) is 5.75 Å². The summed E-state index contributed by atoms with van der Waals surface area (Å²) in [7, 11) is 0. The summed E-state index contributed by atoms with van der Waals surface area (Å²) in [6, 6.07) is 5.13. The Bertz CT molecular complexity index is 869. The summed E-state index contributed by atoms with van der Waals surface area (Å²) >= 11 is 3.39. The lowest BCUT2D eigenvalue weighted by Crippen LogP contribution is -2.54. The summed E-state index contributed by atoms with van der Waals surface area (Å²) < 4.78 is 27.8. The van der Waals surface area contributed by atoms with Crippen LogP contribution in [-0.4, -0.2) is 48.8 Å². The fourth-order valence-corrected chi connectivity index (χ4v) is 3.90. The van der Waals surface area contributed by atoms with Crippen molar-refractivity contribution in [3.63, 3.8) is 0 Å². The van der Waals surface area contributed by atoms with Gasteiger partial charge in [-0.15, -0.1) is 0 Å². The van der Waals surface area contributed by atoms with Crippen molar-refractivity contribution in [3.05, 3.63) is 29.3 Å². The zero-order valence-electron chi connectivity index (χ0n) is 18.6. The van der Waals surface area contributed by atoms with Crippen LogP contribution in [-0.2, 0) is 43.5 Å². The number of halogens is 1. The van der Waals surface area contributed by atoms with Gasteiger partial charge in [0.15, 0.2) is 6.10 Å². The van der Waals surface area contributed by atoms with Gasteiger partial charge in [0.2, 0.25) is 0 Å². The SMILES string of the molecule is CC(=O)OC[C@H]1O[C@@H](c2cc(CBr)ccc2OC(C)=O)[C@H](OC(C)=O)[C@@H](OC(C)=O)[C@@H]1C. The summed E-state index contributed by atoms with van der Waals surface area (Å²) in [6.07, 6.45) is -3.57. The van der Waals surface area contributed by atoms with Crippen molar-refractivity contribution in [1.82, 2.24) is 0 Å². The Morgan fingerprint density at radius 2 is 1.56 bits per heavy atom. The molecule has 9 nitrogen and oxygen atoms in total. The minimum absolute atomic E-state index is 0.0986. The van der Waals surface area contributed by atoms with Crippen LogP contribution >= 0.6 is 15.9 Å². The fourth-order valence-electron chi connectivity index (χ4n) is 3.55. The molecule has 1 aromatic rings. The quantitative estimate of drug-likeness (QED) is 0.234. The molecule has 1 aromatic carbocycles. The van der Waals surface area contributed by atoms with E-state index in [1.165, 1.54) is 27.7 Å². The standard InChI is InChI=1S/C22H27BrO9/c1-11-19(10-28-12(2)24)32-21(22(31-15(5)27)20(11)30-14(4)26)17-8-16(9-23)6-7-18(17)29-13(3)25/h6-8,11,19-22H,9-10H2,1-5H3/t11-,19-,20+,21+,22-/m1/s1. The van der Waals surface area contributed by atoms with E-state index in [4.69, 9.17) is 23.7 Å². The van der Waals surface area contributed by atoms with Crippen molar-refractivity contribution < 1.29 is 42.9 Å². The number of ether oxygens (including phenoxy) is 5. The number of esters is 4. The Morgan fingerprint density at radius 1 is 0.938 bits per heavy atom. The Kier molecular flexibility index (Phi) is 9.21. The van der Waals surface area contributed by atoms with E-state index in [9.17, 15) is 19.2 Å². The van der Waals surface area contributed by atoms with Crippen LogP contribution in [0.3, 0.4) is 0 Å². The zero-order valence-corrected chi connectivity index (χ0v) is 20.2. The molecule has 1 aliphatic rings. The van der Waals surface area contributed by atoms with Gasteiger partial charge >= 0.3 is 23.9 Å². The highest BCUT2D eigenvalue weighted by atomic mass is 79.9. The summed E-state index contributed by atoms with van der Waals surface area (Å²) in [6.45, 7) is 6.67. The first-order valence-electron chi connectivity index (χ1n) is 10.0. The molecule has 0 saturated carbocycles. The molecule has 32 heavy (non-hydrogen) atoms. The van der Waals surface area contributed by atoms with Crippen LogP contribution in [0.15, 0.2) is 18.2 Å². The minimum atomic E-state index is -1.03. The second-order valence-corrected chi connectivity index (χ2v) is 8.07. The van der Waals surface area contributed by atoms with E-state index in [-0.39, 0.29) is 12.4 Å². The number of rotatable bonds is 7. The van der Waals surface area contributed by atoms with Gasteiger partial charge < -0.3 is 23.7 Å². The van der Waals surface area contributed by atoms with E-state index in [1.807, 2.05) is 0 Å². The molecular weight excluding hydrogens is 488 g/mol. The molecule has 0 radical (unpaired) electrons. The molecule has 1 heterocycles. The van der Waals surface area contributed by atoms with Gasteiger partial charge in [-0.3, -0.25) is 19.2 Å². The van der Waals surface area contributed by atoms with Crippen molar-refractivity contribution >= 4 is 39.8 Å². The predicted molar refractivity (Wildman–Crippen MR) is 115 cm³/mol. The first kappa shape index (κ1) is 25.8. The van der Waals surface area contributed by atoms with E-state index in [2.05, 4.69) is 15.9 Å². The monoisotopic (exact) mass is 514 g/mol. The number of hydrogen-bond donors (Lipinski definition) is 0. The van der Waals surface area contributed by atoms with Gasteiger partial charge in [0.05, 0.1) is 6.10 Å². The topological polar surface area (TPSA) is 114 Å². The van der Waals surface area contributed by atoms with Gasteiger partial charge in [-0.1, -0.05) is 28.9 Å². The molecule has 0 aliphatic carbocycles. The lowest BCUT2D eigenvalue weighted by Gasteiger charge is -2.44. The van der Waals surface area contributed by atoms with Crippen molar-refractivity contribution in [2.45, 2.75) is 64.4 Å². The normalized spacial score (nSPS) is 24.9. The molecule has 0 bridgehead atoms. The van der Waals surface area contributed by atoms with Crippen LogP contribution in [0, 0.1) is 5.92 Å². The molecule has 5 atom stereocenters. The van der Waals surface area contributed by atoms with Gasteiger partial charge in [-0.25, -0.2) is 0 Å². The highest BCUT2D eigenvalue weighted by Crippen LogP contribution is 2.42. The third-order valence-electron chi connectivity index (χ3n) is 4.89. The first-order chi connectivity index (χ1) is 15.0. The van der Waals surface area contributed by atoms with E-state index < -0.39 is 54.2 Å². The fraction of sp³-hybridized carbons (Fsp3) is 0.545. The highest BCUT2D eigenvalue weighted by molar-refractivity contribution is 9.08. The van der Waals surface area contributed by atoms with Crippen LogP contribution < -0.4 is 4.74 Å². The van der Waals surface area contributed by atoms with E-state index in [0.717, 1.165) is 5.56 Å². The average molecular weight is 515 g/mol. The van der Waals surface area contributed by atoms with Crippen LogP contribution in [0.1, 0.15) is 51.8 Å². The summed E-state index contributed by atoms with van der Waals surface area (Å²) in [5, 5.41) is 0.506. The van der Waals surface area contributed by atoms with Crippen LogP contribution in [0.4, 0.5) is 0 Å². The third kappa shape index (κ3) is 6.77. The molecule has 2 rings (SSSR count). The molecule has 0 unspecified atom stereocenters. The summed E-state index contributed by atoms with van der Waals surface area (Å²) in [5.41, 5.74) is 1.28. The first-order valence-corrected chi connectivity index (χ1v) is 11.2. The number of hydrogen-bond acceptors (Lipinski definition) is 9. The van der Waals surface area contributed by atoms with E-state index in [1.54, 1.807) is 25.1 Å². The van der Waals surface area contributed by atoms with E-state index in [0.29, 0.717) is 10.9 Å². The van der Waals surface area contributed by atoms with Gasteiger partial charge in [0, 0.05) is 44.5 Å². The Hall–Kier alpha value is -2.46.